The van der Waals surface area contributed by atoms with Gasteiger partial charge >= 0.3 is 0 Å². The van der Waals surface area contributed by atoms with E-state index in [4.69, 9.17) is 4.74 Å². The van der Waals surface area contributed by atoms with Gasteiger partial charge in [0.2, 0.25) is 5.88 Å². The van der Waals surface area contributed by atoms with Crippen LogP contribution in [0.4, 0.5) is 11.5 Å². The van der Waals surface area contributed by atoms with Gasteiger partial charge in [-0.05, 0) is 30.2 Å². The van der Waals surface area contributed by atoms with Crippen LogP contribution in [0.3, 0.4) is 0 Å². The smallest absolute Gasteiger partial charge is 0.254 e. The fourth-order valence-electron chi connectivity index (χ4n) is 4.05. The maximum atomic E-state index is 13.3. The summed E-state index contributed by atoms with van der Waals surface area (Å²) in [4.78, 5) is 19.6. The van der Waals surface area contributed by atoms with Gasteiger partial charge in [-0.1, -0.05) is 18.2 Å². The molecule has 0 radical (unpaired) electrons. The molecule has 2 aliphatic heterocycles. The number of hydrogen-bond acceptors (Lipinski definition) is 5. The summed E-state index contributed by atoms with van der Waals surface area (Å²) in [5.41, 5.74) is 3.40. The average Bonchev–Trinajstić information content (AvgIpc) is 3.42. The van der Waals surface area contributed by atoms with Crippen LogP contribution in [0.2, 0.25) is 0 Å². The Hall–Kier alpha value is -3.35. The predicted octanol–water partition coefficient (Wildman–Crippen LogP) is 2.62. The van der Waals surface area contributed by atoms with Gasteiger partial charge in [0.1, 0.15) is 11.4 Å². The molecule has 1 atom stereocenters. The summed E-state index contributed by atoms with van der Waals surface area (Å²) in [5, 5.41) is 10.2. The van der Waals surface area contributed by atoms with Crippen LogP contribution in [0.5, 0.6) is 5.88 Å². The number of fused-ring (bicyclic) bond motifs is 1. The SMILES string of the molecule is COc1nc(N2CCC3(Cc4ccccc4N3)C2=O)ccc1-c1cn[nH]c1. The van der Waals surface area contributed by atoms with Gasteiger partial charge in [0, 0.05) is 36.0 Å². The molecular formula is C20H19N5O2. The summed E-state index contributed by atoms with van der Waals surface area (Å²) < 4.78 is 5.47. The zero-order chi connectivity index (χ0) is 18.4. The van der Waals surface area contributed by atoms with E-state index in [2.05, 4.69) is 26.6 Å². The number of aromatic amines is 1. The summed E-state index contributed by atoms with van der Waals surface area (Å²) in [6.07, 6.45) is 4.96. The number of benzene rings is 1. The van der Waals surface area contributed by atoms with Crippen molar-refractivity contribution in [3.63, 3.8) is 0 Å². The molecule has 0 saturated carbocycles. The van der Waals surface area contributed by atoms with Crippen LogP contribution in [0.15, 0.2) is 48.8 Å². The third kappa shape index (κ3) is 2.38. The van der Waals surface area contributed by atoms with Gasteiger partial charge < -0.3 is 10.1 Å². The number of aromatic nitrogens is 3. The first-order valence-corrected chi connectivity index (χ1v) is 8.92. The zero-order valence-corrected chi connectivity index (χ0v) is 14.9. The summed E-state index contributed by atoms with van der Waals surface area (Å²) in [5.74, 6) is 1.15. The molecule has 2 aliphatic rings. The fourth-order valence-corrected chi connectivity index (χ4v) is 4.05. The zero-order valence-electron chi connectivity index (χ0n) is 14.9. The Bertz CT molecular complexity index is 990. The van der Waals surface area contributed by atoms with Crippen LogP contribution < -0.4 is 15.0 Å². The molecule has 1 aromatic carbocycles. The Labute approximate surface area is 156 Å². The molecule has 0 bridgehead atoms. The minimum atomic E-state index is -0.568. The highest BCUT2D eigenvalue weighted by molar-refractivity contribution is 6.05. The minimum absolute atomic E-state index is 0.0596. The van der Waals surface area contributed by atoms with Crippen LogP contribution in [0, 0.1) is 0 Å². The van der Waals surface area contributed by atoms with Crippen LogP contribution >= 0.6 is 0 Å². The molecule has 27 heavy (non-hydrogen) atoms. The summed E-state index contributed by atoms with van der Waals surface area (Å²) in [7, 11) is 1.58. The lowest BCUT2D eigenvalue weighted by Crippen LogP contribution is -2.45. The molecule has 1 fully saturated rings. The number of rotatable bonds is 3. The first-order chi connectivity index (χ1) is 13.2. The number of hydrogen-bond donors (Lipinski definition) is 2. The standard InChI is InChI=1S/C20H19N5O2/c1-27-18-15(14-11-21-22-12-14)6-7-17(23-18)25-9-8-20(19(25)26)10-13-4-2-3-5-16(13)24-20/h2-7,11-12,24H,8-10H2,1H3,(H,21,22). The van der Waals surface area contributed by atoms with Crippen molar-refractivity contribution in [3.8, 4) is 17.0 Å². The van der Waals surface area contributed by atoms with Crippen molar-refractivity contribution in [2.75, 3.05) is 23.9 Å². The third-order valence-electron chi connectivity index (χ3n) is 5.42. The van der Waals surface area contributed by atoms with Crippen molar-refractivity contribution in [1.29, 1.82) is 0 Å². The largest absolute Gasteiger partial charge is 0.480 e. The van der Waals surface area contributed by atoms with Crippen LogP contribution in [0.1, 0.15) is 12.0 Å². The third-order valence-corrected chi connectivity index (χ3v) is 5.42. The maximum Gasteiger partial charge on any atom is 0.254 e. The first-order valence-electron chi connectivity index (χ1n) is 8.92. The molecule has 7 heteroatoms. The first kappa shape index (κ1) is 15.9. The van der Waals surface area contributed by atoms with Gasteiger partial charge in [0.05, 0.1) is 13.3 Å². The lowest BCUT2D eigenvalue weighted by molar-refractivity contribution is -0.120. The Kier molecular flexibility index (Phi) is 3.43. The van der Waals surface area contributed by atoms with E-state index in [1.54, 1.807) is 24.4 Å². The van der Waals surface area contributed by atoms with Gasteiger partial charge in [-0.25, -0.2) is 0 Å². The van der Waals surface area contributed by atoms with E-state index >= 15 is 0 Å². The number of pyridine rings is 1. The van der Waals surface area contributed by atoms with Crippen molar-refractivity contribution in [2.24, 2.45) is 0 Å². The van der Waals surface area contributed by atoms with Crippen LogP contribution in [-0.4, -0.2) is 40.3 Å². The fraction of sp³-hybridized carbons (Fsp3) is 0.250. The van der Waals surface area contributed by atoms with Gasteiger partial charge in [0.25, 0.3) is 5.91 Å². The van der Waals surface area contributed by atoms with E-state index in [0.717, 1.165) is 23.2 Å². The molecule has 4 heterocycles. The van der Waals surface area contributed by atoms with E-state index in [9.17, 15) is 4.79 Å². The van der Waals surface area contributed by atoms with Crippen LogP contribution in [-0.2, 0) is 11.2 Å². The highest BCUT2D eigenvalue weighted by atomic mass is 16.5. The Morgan fingerprint density at radius 2 is 2.11 bits per heavy atom. The molecule has 2 aromatic heterocycles. The number of para-hydroxylation sites is 1. The number of ether oxygens (including phenoxy) is 1. The number of amides is 1. The molecule has 3 aromatic rings. The van der Waals surface area contributed by atoms with Crippen molar-refractivity contribution in [1.82, 2.24) is 15.2 Å². The van der Waals surface area contributed by atoms with E-state index in [0.29, 0.717) is 24.7 Å². The van der Waals surface area contributed by atoms with Gasteiger partial charge in [-0.15, -0.1) is 0 Å². The second-order valence-electron chi connectivity index (χ2n) is 6.96. The van der Waals surface area contributed by atoms with Gasteiger partial charge in [0.15, 0.2) is 0 Å². The molecule has 136 valence electrons. The number of carbonyl (C=O) groups is 1. The van der Waals surface area contributed by atoms with Crippen molar-refractivity contribution >= 4 is 17.4 Å². The molecule has 1 unspecified atom stereocenters. The van der Waals surface area contributed by atoms with Gasteiger partial charge in [-0.3, -0.25) is 14.8 Å². The Morgan fingerprint density at radius 3 is 2.89 bits per heavy atom. The maximum absolute atomic E-state index is 13.3. The minimum Gasteiger partial charge on any atom is -0.480 e. The normalized spacial score (nSPS) is 20.8. The number of nitrogens with zero attached hydrogens (tertiary/aromatic N) is 3. The highest BCUT2D eigenvalue weighted by Crippen LogP contribution is 2.41. The number of H-pyrrole nitrogens is 1. The van der Waals surface area contributed by atoms with E-state index in [-0.39, 0.29) is 5.91 Å². The molecule has 1 spiro atoms. The van der Waals surface area contributed by atoms with E-state index in [1.165, 1.54) is 5.56 Å². The quantitative estimate of drug-likeness (QED) is 0.749. The predicted molar refractivity (Wildman–Crippen MR) is 102 cm³/mol. The number of anilines is 2. The molecule has 1 amide bonds. The molecule has 0 aliphatic carbocycles. The highest BCUT2D eigenvalue weighted by Gasteiger charge is 2.50. The molecular weight excluding hydrogens is 342 g/mol. The van der Waals surface area contributed by atoms with Crippen molar-refractivity contribution in [2.45, 2.75) is 18.4 Å². The van der Waals surface area contributed by atoms with Crippen LogP contribution in [0.25, 0.3) is 11.1 Å². The second-order valence-corrected chi connectivity index (χ2v) is 6.96. The summed E-state index contributed by atoms with van der Waals surface area (Å²) in [6.45, 7) is 0.626. The lowest BCUT2D eigenvalue weighted by atomic mass is 9.94. The van der Waals surface area contributed by atoms with Crippen molar-refractivity contribution < 1.29 is 9.53 Å². The number of methoxy groups -OCH3 is 1. The average molecular weight is 361 g/mol. The summed E-state index contributed by atoms with van der Waals surface area (Å²) >= 11 is 0. The number of nitrogens with one attached hydrogen (secondary N) is 2. The second kappa shape index (κ2) is 5.84. The Morgan fingerprint density at radius 1 is 1.22 bits per heavy atom. The topological polar surface area (TPSA) is 83.1 Å². The van der Waals surface area contributed by atoms with Gasteiger partial charge in [-0.2, -0.15) is 10.1 Å². The summed E-state index contributed by atoms with van der Waals surface area (Å²) in [6, 6.07) is 11.9. The molecule has 2 N–H and O–H groups in total. The van der Waals surface area contributed by atoms with E-state index < -0.39 is 5.54 Å². The number of carbonyl (C=O) groups excluding carboxylic acids is 1. The molecule has 7 nitrogen and oxygen atoms in total. The molecule has 1 saturated heterocycles. The van der Waals surface area contributed by atoms with E-state index in [1.807, 2.05) is 30.3 Å². The lowest BCUT2D eigenvalue weighted by Gasteiger charge is -2.23. The Balaban J connectivity index is 1.46. The van der Waals surface area contributed by atoms with Crippen molar-refractivity contribution in [3.05, 3.63) is 54.4 Å². The monoisotopic (exact) mass is 361 g/mol. The molecule has 5 rings (SSSR count).